The minimum atomic E-state index is -0.0215. The maximum absolute atomic E-state index is 11.1. The van der Waals surface area contributed by atoms with Crippen LogP contribution in [0.2, 0.25) is 0 Å². The largest absolute Gasteiger partial charge is 0.489 e. The van der Waals surface area contributed by atoms with E-state index >= 15 is 0 Å². The molecule has 19 heavy (non-hydrogen) atoms. The zero-order valence-corrected chi connectivity index (χ0v) is 10.6. The monoisotopic (exact) mass is 256 g/mol. The van der Waals surface area contributed by atoms with Crippen LogP contribution < -0.4 is 9.30 Å². The number of carbonyl (C=O) groups is 1. The third kappa shape index (κ3) is 3.42. The van der Waals surface area contributed by atoms with Gasteiger partial charge in [0.05, 0.1) is 11.6 Å². The molecule has 1 aromatic carbocycles. The molecule has 0 aliphatic heterocycles. The number of nitriles is 1. The number of aromatic nitrogens is 2. The predicted octanol–water partition coefficient (Wildman–Crippen LogP) is 1.39. The summed E-state index contributed by atoms with van der Waals surface area (Å²) in [6.45, 7) is 2.66. The molecule has 2 aromatic rings. The van der Waals surface area contributed by atoms with Gasteiger partial charge in [0, 0.05) is 6.92 Å². The van der Waals surface area contributed by atoms with Crippen LogP contribution in [0.3, 0.4) is 0 Å². The van der Waals surface area contributed by atoms with Crippen molar-refractivity contribution in [2.75, 3.05) is 6.61 Å². The van der Waals surface area contributed by atoms with Crippen LogP contribution in [0.15, 0.2) is 43.0 Å². The van der Waals surface area contributed by atoms with Crippen LogP contribution in [0.4, 0.5) is 0 Å². The second-order valence-electron chi connectivity index (χ2n) is 4.06. The molecule has 0 unspecified atom stereocenters. The van der Waals surface area contributed by atoms with Crippen molar-refractivity contribution in [1.82, 2.24) is 4.57 Å². The van der Waals surface area contributed by atoms with Gasteiger partial charge in [-0.15, -0.1) is 0 Å². The van der Waals surface area contributed by atoms with Crippen LogP contribution in [-0.2, 0) is 6.54 Å². The summed E-state index contributed by atoms with van der Waals surface area (Å²) in [6, 6.07) is 9.02. The summed E-state index contributed by atoms with van der Waals surface area (Å²) in [4.78, 5) is 11.1. The first-order valence-electron chi connectivity index (χ1n) is 5.90. The lowest BCUT2D eigenvalue weighted by Gasteiger charge is -2.03. The molecule has 96 valence electrons. The van der Waals surface area contributed by atoms with Gasteiger partial charge in [0.25, 0.3) is 6.33 Å². The maximum Gasteiger partial charge on any atom is 0.310 e. The Morgan fingerprint density at radius 3 is 2.74 bits per heavy atom. The smallest absolute Gasteiger partial charge is 0.310 e. The highest BCUT2D eigenvalue weighted by atomic mass is 16.5. The van der Waals surface area contributed by atoms with Crippen molar-refractivity contribution < 1.29 is 14.1 Å². The molecule has 0 fully saturated rings. The molecule has 0 aliphatic rings. The second kappa shape index (κ2) is 5.83. The Labute approximate surface area is 111 Å². The molecule has 0 N–H and O–H groups in total. The number of benzene rings is 1. The lowest BCUT2D eigenvalue weighted by Crippen LogP contribution is -2.34. The van der Waals surface area contributed by atoms with Crippen molar-refractivity contribution in [3.8, 4) is 11.8 Å². The summed E-state index contributed by atoms with van der Waals surface area (Å²) >= 11 is 0. The van der Waals surface area contributed by atoms with E-state index in [1.54, 1.807) is 36.8 Å². The van der Waals surface area contributed by atoms with E-state index in [4.69, 9.17) is 10.00 Å². The molecule has 1 heterocycles. The van der Waals surface area contributed by atoms with Gasteiger partial charge in [-0.25, -0.2) is 9.36 Å². The van der Waals surface area contributed by atoms with Crippen molar-refractivity contribution in [2.45, 2.75) is 13.5 Å². The van der Waals surface area contributed by atoms with E-state index in [1.165, 1.54) is 11.5 Å². The third-order valence-corrected chi connectivity index (χ3v) is 2.66. The lowest BCUT2D eigenvalue weighted by molar-refractivity contribution is -0.696. The van der Waals surface area contributed by atoms with E-state index in [-0.39, 0.29) is 5.91 Å². The molecule has 0 saturated heterocycles. The van der Waals surface area contributed by atoms with Gasteiger partial charge in [-0.1, -0.05) is 0 Å². The summed E-state index contributed by atoms with van der Waals surface area (Å²) in [5.41, 5.74) is 0.611. The summed E-state index contributed by atoms with van der Waals surface area (Å²) in [7, 11) is 0. The van der Waals surface area contributed by atoms with Gasteiger partial charge in [-0.2, -0.15) is 9.83 Å². The number of rotatable bonds is 4. The highest BCUT2D eigenvalue weighted by molar-refractivity contribution is 5.75. The molecule has 1 aromatic heterocycles. The molecular formula is C14H14N3O2+. The van der Waals surface area contributed by atoms with Crippen molar-refractivity contribution in [1.29, 1.82) is 5.26 Å². The van der Waals surface area contributed by atoms with Crippen molar-refractivity contribution in [3.05, 3.63) is 48.5 Å². The zero-order valence-electron chi connectivity index (χ0n) is 10.6. The number of ether oxygens (including phenoxy) is 1. The average molecular weight is 256 g/mol. The van der Waals surface area contributed by atoms with Gasteiger partial charge in [0.1, 0.15) is 31.3 Å². The molecule has 0 radical (unpaired) electrons. The Morgan fingerprint density at radius 2 is 2.16 bits per heavy atom. The minimum Gasteiger partial charge on any atom is -0.489 e. The van der Waals surface area contributed by atoms with Crippen LogP contribution in [-0.4, -0.2) is 17.1 Å². The van der Waals surface area contributed by atoms with Crippen LogP contribution in [0.1, 0.15) is 17.3 Å². The molecule has 0 amide bonds. The Hall–Kier alpha value is -2.61. The van der Waals surface area contributed by atoms with E-state index in [1.807, 2.05) is 10.8 Å². The first kappa shape index (κ1) is 12.8. The zero-order chi connectivity index (χ0) is 13.7. The van der Waals surface area contributed by atoms with Crippen LogP contribution in [0.5, 0.6) is 5.75 Å². The first-order valence-corrected chi connectivity index (χ1v) is 5.90. The van der Waals surface area contributed by atoms with Gasteiger partial charge in [-0.05, 0) is 24.3 Å². The first-order chi connectivity index (χ1) is 9.19. The van der Waals surface area contributed by atoms with Gasteiger partial charge >= 0.3 is 5.91 Å². The molecule has 0 bridgehead atoms. The van der Waals surface area contributed by atoms with Gasteiger partial charge in [0.2, 0.25) is 0 Å². The predicted molar refractivity (Wildman–Crippen MR) is 67.6 cm³/mol. The highest BCUT2D eigenvalue weighted by Crippen LogP contribution is 2.11. The van der Waals surface area contributed by atoms with Crippen molar-refractivity contribution in [2.24, 2.45) is 0 Å². The molecule has 0 saturated carbocycles. The SMILES string of the molecule is CC(=O)n1cc[n+](CCOc2ccc(C#N)cc2)c1. The summed E-state index contributed by atoms with van der Waals surface area (Å²) in [5.74, 6) is 0.706. The molecule has 0 spiro atoms. The summed E-state index contributed by atoms with van der Waals surface area (Å²) < 4.78 is 8.95. The number of hydrogen-bond acceptors (Lipinski definition) is 3. The Bertz CT molecular complexity index is 608. The van der Waals surface area contributed by atoms with Crippen LogP contribution in [0.25, 0.3) is 0 Å². The van der Waals surface area contributed by atoms with Crippen molar-refractivity contribution >= 4 is 5.91 Å². The molecular weight excluding hydrogens is 242 g/mol. The maximum atomic E-state index is 11.1. The average Bonchev–Trinajstić information content (AvgIpc) is 2.89. The fourth-order valence-corrected chi connectivity index (χ4v) is 1.61. The molecule has 0 atom stereocenters. The fourth-order valence-electron chi connectivity index (χ4n) is 1.61. The molecule has 2 rings (SSSR count). The van der Waals surface area contributed by atoms with Gasteiger partial charge < -0.3 is 4.74 Å². The molecule has 0 aliphatic carbocycles. The topological polar surface area (TPSA) is 58.9 Å². The van der Waals surface area contributed by atoms with E-state index in [2.05, 4.69) is 6.07 Å². The van der Waals surface area contributed by atoms with E-state index in [9.17, 15) is 4.79 Å². The van der Waals surface area contributed by atoms with Crippen LogP contribution >= 0.6 is 0 Å². The third-order valence-electron chi connectivity index (χ3n) is 2.66. The summed E-state index contributed by atoms with van der Waals surface area (Å²) in [6.07, 6.45) is 5.26. The van der Waals surface area contributed by atoms with E-state index < -0.39 is 0 Å². The van der Waals surface area contributed by atoms with Gasteiger partial charge in [0.15, 0.2) is 0 Å². The number of nitrogens with zero attached hydrogens (tertiary/aromatic N) is 3. The molecule has 5 heteroatoms. The lowest BCUT2D eigenvalue weighted by atomic mass is 10.2. The molecule has 5 nitrogen and oxygen atoms in total. The Kier molecular flexibility index (Phi) is 3.94. The second-order valence-corrected chi connectivity index (χ2v) is 4.06. The van der Waals surface area contributed by atoms with E-state index in [0.29, 0.717) is 18.7 Å². The quantitative estimate of drug-likeness (QED) is 0.777. The number of imidazole rings is 1. The Balaban J connectivity index is 1.85. The van der Waals surface area contributed by atoms with E-state index in [0.717, 1.165) is 5.75 Å². The normalized spacial score (nSPS) is 9.89. The standard InChI is InChI=1S/C14H14N3O2/c1-12(18)17-7-6-16(11-17)8-9-19-14-4-2-13(10-15)3-5-14/h2-7,11H,8-9H2,1H3/q+1. The number of hydrogen-bond donors (Lipinski definition) is 0. The van der Waals surface area contributed by atoms with Crippen molar-refractivity contribution in [3.63, 3.8) is 0 Å². The minimum absolute atomic E-state index is 0.0215. The Morgan fingerprint density at radius 1 is 1.42 bits per heavy atom. The van der Waals surface area contributed by atoms with Gasteiger partial charge in [-0.3, -0.25) is 0 Å². The highest BCUT2D eigenvalue weighted by Gasteiger charge is 2.07. The summed E-state index contributed by atoms with van der Waals surface area (Å²) in [5, 5.41) is 8.68. The fraction of sp³-hybridized carbons (Fsp3) is 0.214. The number of carbonyl (C=O) groups excluding carboxylic acids is 1. The van der Waals surface area contributed by atoms with Crippen LogP contribution in [0, 0.1) is 11.3 Å².